The van der Waals surface area contributed by atoms with Gasteiger partial charge in [0, 0.05) is 19.8 Å². The number of Topliss-reactive ketones (excluding diaryl/α,β-unsaturated/α-hetero) is 1. The van der Waals surface area contributed by atoms with Crippen LogP contribution in [0.1, 0.15) is 32.3 Å². The number of halogens is 1. The lowest BCUT2D eigenvalue weighted by Crippen LogP contribution is -2.53. The van der Waals surface area contributed by atoms with Gasteiger partial charge in [-0.25, -0.2) is 4.39 Å². The fourth-order valence-electron chi connectivity index (χ4n) is 2.24. The lowest BCUT2D eigenvalue weighted by molar-refractivity contribution is -0.131. The van der Waals surface area contributed by atoms with Gasteiger partial charge in [-0.05, 0) is 25.0 Å². The summed E-state index contributed by atoms with van der Waals surface area (Å²) in [5.41, 5.74) is 5.48. The fraction of sp³-hybridized carbons (Fsp3) is 0.412. The predicted molar refractivity (Wildman–Crippen MR) is 88.7 cm³/mol. The summed E-state index contributed by atoms with van der Waals surface area (Å²) >= 11 is 0. The highest BCUT2D eigenvalue weighted by Crippen LogP contribution is 2.10. The Morgan fingerprint density at radius 2 is 1.72 bits per heavy atom. The van der Waals surface area contributed by atoms with E-state index in [1.807, 2.05) is 0 Å². The van der Waals surface area contributed by atoms with Gasteiger partial charge < -0.3 is 21.2 Å². The van der Waals surface area contributed by atoms with Crippen LogP contribution >= 0.6 is 0 Å². The maximum Gasteiger partial charge on any atom is 0.243 e. The smallest absolute Gasteiger partial charge is 0.243 e. The summed E-state index contributed by atoms with van der Waals surface area (Å²) in [5, 5.41) is 4.84. The van der Waals surface area contributed by atoms with Crippen molar-refractivity contribution in [3.63, 3.8) is 0 Å². The van der Waals surface area contributed by atoms with Gasteiger partial charge in [0.05, 0.1) is 0 Å². The predicted octanol–water partition coefficient (Wildman–Crippen LogP) is 0.212. The van der Waals surface area contributed by atoms with Gasteiger partial charge in [-0.2, -0.15) is 0 Å². The van der Waals surface area contributed by atoms with Crippen molar-refractivity contribution in [1.82, 2.24) is 10.6 Å². The number of rotatable bonds is 9. The molecule has 0 aliphatic rings. The molecule has 7 nitrogen and oxygen atoms in total. The van der Waals surface area contributed by atoms with Gasteiger partial charge in [0.1, 0.15) is 23.7 Å². The number of ketones is 1. The second kappa shape index (κ2) is 9.51. The largest absolute Gasteiger partial charge is 0.368 e. The molecule has 1 rings (SSSR count). The molecule has 0 saturated heterocycles. The van der Waals surface area contributed by atoms with Gasteiger partial charge in [0.15, 0.2) is 0 Å². The molecule has 0 radical (unpaired) electrons. The van der Waals surface area contributed by atoms with Crippen LogP contribution in [0.15, 0.2) is 24.3 Å². The van der Waals surface area contributed by atoms with Crippen molar-refractivity contribution in [3.05, 3.63) is 35.6 Å². The van der Waals surface area contributed by atoms with Gasteiger partial charge in [-0.3, -0.25) is 14.4 Å². The Bertz CT molecular complexity index is 663. The van der Waals surface area contributed by atoms with Crippen LogP contribution in [-0.2, 0) is 25.6 Å². The number of amides is 3. The molecule has 0 aliphatic carbocycles. The van der Waals surface area contributed by atoms with Crippen LogP contribution in [0, 0.1) is 5.82 Å². The summed E-state index contributed by atoms with van der Waals surface area (Å²) in [4.78, 5) is 46.3. The summed E-state index contributed by atoms with van der Waals surface area (Å²) in [6.45, 7) is 2.58. The molecule has 136 valence electrons. The van der Waals surface area contributed by atoms with Crippen LogP contribution in [0.25, 0.3) is 0 Å². The molecule has 4 N–H and O–H groups in total. The van der Waals surface area contributed by atoms with Crippen LogP contribution in [-0.4, -0.2) is 35.6 Å². The number of hydrogen-bond donors (Lipinski definition) is 3. The molecule has 0 unspecified atom stereocenters. The highest BCUT2D eigenvalue weighted by Gasteiger charge is 2.26. The van der Waals surface area contributed by atoms with Gasteiger partial charge in [0.2, 0.25) is 17.7 Å². The van der Waals surface area contributed by atoms with E-state index < -0.39 is 35.6 Å². The molecule has 0 spiro atoms. The molecule has 0 fully saturated rings. The summed E-state index contributed by atoms with van der Waals surface area (Å²) in [6, 6.07) is 3.75. The zero-order valence-corrected chi connectivity index (χ0v) is 14.2. The second-order valence-electron chi connectivity index (χ2n) is 5.75. The maximum absolute atomic E-state index is 13.8. The molecule has 2 atom stereocenters. The SMILES string of the molecule is CC(=O)CC[C@H](NC(=O)[C@H](Cc1ccccc1F)NC(C)=O)C(N)=O. The van der Waals surface area contributed by atoms with E-state index in [-0.39, 0.29) is 30.6 Å². The first-order chi connectivity index (χ1) is 11.7. The van der Waals surface area contributed by atoms with Gasteiger partial charge in [-0.1, -0.05) is 18.2 Å². The minimum atomic E-state index is -1.08. The standard InChI is InChI=1S/C17H22FN3O4/c1-10(22)7-8-14(16(19)24)21-17(25)15(20-11(2)23)9-12-5-3-4-6-13(12)18/h3-6,14-15H,7-9H2,1-2H3,(H2,19,24)(H,20,23)(H,21,25)/t14-,15-/m0/s1. The first kappa shape index (κ1) is 20.3. The Morgan fingerprint density at radius 3 is 2.24 bits per heavy atom. The minimum absolute atomic E-state index is 0.0584. The molecule has 0 heterocycles. The highest BCUT2D eigenvalue weighted by molar-refractivity contribution is 5.91. The Morgan fingerprint density at radius 1 is 1.08 bits per heavy atom. The molecule has 1 aromatic carbocycles. The van der Waals surface area contributed by atoms with Crippen LogP contribution in [0.5, 0.6) is 0 Å². The Labute approximate surface area is 145 Å². The van der Waals surface area contributed by atoms with Gasteiger partial charge in [0.25, 0.3) is 0 Å². The van der Waals surface area contributed by atoms with Crippen molar-refractivity contribution < 1.29 is 23.6 Å². The van der Waals surface area contributed by atoms with E-state index >= 15 is 0 Å². The molecule has 0 saturated carbocycles. The average molecular weight is 351 g/mol. The summed E-state index contributed by atoms with van der Waals surface area (Å²) in [5.74, 6) is -2.59. The van der Waals surface area contributed by atoms with Crippen molar-refractivity contribution in [2.24, 2.45) is 5.73 Å². The molecule has 3 amide bonds. The lowest BCUT2D eigenvalue weighted by atomic mass is 10.0. The number of carbonyl (C=O) groups is 4. The van der Waals surface area contributed by atoms with E-state index in [0.29, 0.717) is 0 Å². The fourth-order valence-corrected chi connectivity index (χ4v) is 2.24. The normalized spacial score (nSPS) is 12.8. The van der Waals surface area contributed by atoms with Crippen molar-refractivity contribution >= 4 is 23.5 Å². The molecule has 0 aliphatic heterocycles. The third-order valence-electron chi connectivity index (χ3n) is 3.52. The van der Waals surface area contributed by atoms with E-state index in [1.165, 1.54) is 32.0 Å². The number of nitrogens with one attached hydrogen (secondary N) is 2. The number of nitrogens with two attached hydrogens (primary N) is 1. The number of hydrogen-bond acceptors (Lipinski definition) is 4. The lowest BCUT2D eigenvalue weighted by Gasteiger charge is -2.21. The molecule has 8 heteroatoms. The monoisotopic (exact) mass is 351 g/mol. The van der Waals surface area contributed by atoms with Gasteiger partial charge in [-0.15, -0.1) is 0 Å². The van der Waals surface area contributed by atoms with E-state index in [1.54, 1.807) is 6.07 Å². The first-order valence-electron chi connectivity index (χ1n) is 7.80. The zero-order chi connectivity index (χ0) is 19.0. The Kier molecular flexibility index (Phi) is 7.71. The third-order valence-corrected chi connectivity index (χ3v) is 3.52. The van der Waals surface area contributed by atoms with E-state index in [9.17, 15) is 23.6 Å². The van der Waals surface area contributed by atoms with E-state index in [2.05, 4.69) is 10.6 Å². The number of benzene rings is 1. The minimum Gasteiger partial charge on any atom is -0.368 e. The first-order valence-corrected chi connectivity index (χ1v) is 7.80. The van der Waals surface area contributed by atoms with Crippen molar-refractivity contribution in [3.8, 4) is 0 Å². The van der Waals surface area contributed by atoms with Crippen LogP contribution in [0.2, 0.25) is 0 Å². The maximum atomic E-state index is 13.8. The summed E-state index contributed by atoms with van der Waals surface area (Å²) in [7, 11) is 0. The topological polar surface area (TPSA) is 118 Å². The second-order valence-corrected chi connectivity index (χ2v) is 5.75. The molecule has 0 aromatic heterocycles. The Balaban J connectivity index is 2.87. The molecular formula is C17H22FN3O4. The van der Waals surface area contributed by atoms with Gasteiger partial charge >= 0.3 is 0 Å². The molecule has 25 heavy (non-hydrogen) atoms. The van der Waals surface area contributed by atoms with Crippen molar-refractivity contribution in [1.29, 1.82) is 0 Å². The Hall–Kier alpha value is -2.77. The molecule has 0 bridgehead atoms. The highest BCUT2D eigenvalue weighted by atomic mass is 19.1. The van der Waals surface area contributed by atoms with E-state index in [0.717, 1.165) is 0 Å². The molecular weight excluding hydrogens is 329 g/mol. The zero-order valence-electron chi connectivity index (χ0n) is 14.2. The summed E-state index contributed by atoms with van der Waals surface area (Å²) in [6.07, 6.45) is 0.0468. The van der Waals surface area contributed by atoms with E-state index in [4.69, 9.17) is 5.73 Å². The third kappa shape index (κ3) is 7.11. The number of primary amides is 1. The van der Waals surface area contributed by atoms with Crippen LogP contribution in [0.4, 0.5) is 4.39 Å². The summed E-state index contributed by atoms with van der Waals surface area (Å²) < 4.78 is 13.8. The quantitative estimate of drug-likeness (QED) is 0.589. The van der Waals surface area contributed by atoms with Crippen LogP contribution < -0.4 is 16.4 Å². The number of carbonyl (C=O) groups excluding carboxylic acids is 4. The van der Waals surface area contributed by atoms with Crippen molar-refractivity contribution in [2.75, 3.05) is 0 Å². The van der Waals surface area contributed by atoms with Crippen molar-refractivity contribution in [2.45, 2.75) is 45.2 Å². The van der Waals surface area contributed by atoms with Crippen LogP contribution in [0.3, 0.4) is 0 Å². The molecule has 1 aromatic rings. The average Bonchev–Trinajstić information content (AvgIpc) is 2.51.